The summed E-state index contributed by atoms with van der Waals surface area (Å²) < 4.78 is 11.1. The number of hydrogen-bond acceptors (Lipinski definition) is 3. The van der Waals surface area contributed by atoms with E-state index in [1.165, 1.54) is 12.8 Å². The van der Waals surface area contributed by atoms with Gasteiger partial charge in [-0.1, -0.05) is 0 Å². The number of hydrogen-bond donors (Lipinski definition) is 0. The molecule has 0 amide bonds. The van der Waals surface area contributed by atoms with Crippen molar-refractivity contribution in [2.45, 2.75) is 31.8 Å². The maximum atomic E-state index is 8.72. The molecule has 0 saturated heterocycles. The number of methoxy groups -OCH3 is 1. The highest BCUT2D eigenvalue weighted by Crippen LogP contribution is 2.34. The van der Waals surface area contributed by atoms with E-state index in [-0.39, 0.29) is 6.10 Å². The van der Waals surface area contributed by atoms with Crippen molar-refractivity contribution in [1.29, 1.82) is 5.39 Å². The minimum Gasteiger partial charge on any atom is -0.493 e. The normalized spacial score (nSPS) is 15.8. The summed E-state index contributed by atoms with van der Waals surface area (Å²) in [5.41, 5.74) is 0.480. The molecule has 0 unspecified atom stereocenters. The largest absolute Gasteiger partial charge is 0.493 e. The second-order valence-electron chi connectivity index (χ2n) is 3.96. The van der Waals surface area contributed by atoms with Crippen molar-refractivity contribution >= 4 is 5.69 Å². The molecule has 1 aromatic carbocycles. The summed E-state index contributed by atoms with van der Waals surface area (Å²) in [6.07, 6.45) is 4.88. The Morgan fingerprint density at radius 2 is 2.00 bits per heavy atom. The van der Waals surface area contributed by atoms with Crippen LogP contribution in [0.1, 0.15) is 25.7 Å². The molecule has 0 heterocycles. The van der Waals surface area contributed by atoms with Crippen LogP contribution in [0, 0.1) is 5.39 Å². The topological polar surface area (TPSA) is 46.6 Å². The van der Waals surface area contributed by atoms with E-state index in [2.05, 4.69) is 4.98 Å². The van der Waals surface area contributed by atoms with E-state index in [1.54, 1.807) is 25.3 Å². The molecule has 4 heteroatoms. The SMILES string of the molecule is COc1ccc([N+]#N)cc1OC1CCCC1. The summed E-state index contributed by atoms with van der Waals surface area (Å²) in [6, 6.07) is 5.12. The lowest BCUT2D eigenvalue weighted by atomic mass is 10.2. The second kappa shape index (κ2) is 4.84. The first-order valence-corrected chi connectivity index (χ1v) is 5.53. The fourth-order valence-corrected chi connectivity index (χ4v) is 2.01. The number of rotatable bonds is 3. The Hall–Kier alpha value is -1.76. The van der Waals surface area contributed by atoms with E-state index in [4.69, 9.17) is 14.9 Å². The highest BCUT2D eigenvalue weighted by Gasteiger charge is 2.20. The van der Waals surface area contributed by atoms with E-state index in [1.807, 2.05) is 0 Å². The Morgan fingerprint density at radius 3 is 2.62 bits per heavy atom. The maximum Gasteiger partial charge on any atom is 0.389 e. The Balaban J connectivity index is 2.19. The average Bonchev–Trinajstić information content (AvgIpc) is 2.82. The third kappa shape index (κ3) is 2.25. The molecule has 0 bridgehead atoms. The van der Waals surface area contributed by atoms with Crippen LogP contribution >= 0.6 is 0 Å². The lowest BCUT2D eigenvalue weighted by Crippen LogP contribution is -2.11. The van der Waals surface area contributed by atoms with Gasteiger partial charge in [0, 0.05) is 6.07 Å². The van der Waals surface area contributed by atoms with Crippen LogP contribution in [0.4, 0.5) is 5.69 Å². The number of benzene rings is 1. The van der Waals surface area contributed by atoms with Crippen LogP contribution < -0.4 is 9.47 Å². The average molecular weight is 219 g/mol. The van der Waals surface area contributed by atoms with Crippen LogP contribution in [-0.2, 0) is 0 Å². The Bertz CT molecular complexity index is 406. The fourth-order valence-electron chi connectivity index (χ4n) is 2.01. The van der Waals surface area contributed by atoms with E-state index >= 15 is 0 Å². The molecule has 0 aliphatic heterocycles. The van der Waals surface area contributed by atoms with E-state index in [0.717, 1.165) is 12.8 Å². The smallest absolute Gasteiger partial charge is 0.389 e. The standard InChI is InChI=1S/C12H15N2O2/c1-15-11-7-6-9(14-13)8-12(11)16-10-4-2-3-5-10/h6-8,10H,2-5H2,1H3/q+1. The third-order valence-corrected chi connectivity index (χ3v) is 2.86. The monoisotopic (exact) mass is 219 g/mol. The minimum atomic E-state index is 0.267. The van der Waals surface area contributed by atoms with Gasteiger partial charge in [-0.2, -0.15) is 0 Å². The first kappa shape index (κ1) is 10.7. The quantitative estimate of drug-likeness (QED) is 0.731. The first-order chi connectivity index (χ1) is 7.83. The molecular weight excluding hydrogens is 204 g/mol. The highest BCUT2D eigenvalue weighted by atomic mass is 16.5. The van der Waals surface area contributed by atoms with Gasteiger partial charge in [-0.3, -0.25) is 0 Å². The Labute approximate surface area is 94.8 Å². The van der Waals surface area contributed by atoms with Crippen molar-refractivity contribution in [3.8, 4) is 11.5 Å². The highest BCUT2D eigenvalue weighted by molar-refractivity contribution is 5.55. The molecule has 0 N–H and O–H groups in total. The van der Waals surface area contributed by atoms with Gasteiger partial charge < -0.3 is 9.47 Å². The molecule has 1 fully saturated rings. The molecule has 4 nitrogen and oxygen atoms in total. The van der Waals surface area contributed by atoms with Crippen molar-refractivity contribution in [3.63, 3.8) is 0 Å². The molecule has 0 spiro atoms. The van der Waals surface area contributed by atoms with Gasteiger partial charge in [-0.15, -0.1) is 0 Å². The van der Waals surface area contributed by atoms with Crippen molar-refractivity contribution in [1.82, 2.24) is 0 Å². The van der Waals surface area contributed by atoms with Crippen molar-refractivity contribution in [2.75, 3.05) is 7.11 Å². The number of nitrogens with zero attached hydrogens (tertiary/aromatic N) is 2. The molecule has 1 saturated carbocycles. The van der Waals surface area contributed by atoms with E-state index in [0.29, 0.717) is 17.2 Å². The molecule has 16 heavy (non-hydrogen) atoms. The summed E-state index contributed by atoms with van der Waals surface area (Å²) in [7, 11) is 1.60. The molecule has 0 atom stereocenters. The molecule has 1 aromatic rings. The Morgan fingerprint density at radius 1 is 1.25 bits per heavy atom. The van der Waals surface area contributed by atoms with E-state index in [9.17, 15) is 0 Å². The van der Waals surface area contributed by atoms with Crippen LogP contribution in [0.15, 0.2) is 18.2 Å². The summed E-state index contributed by atoms with van der Waals surface area (Å²) in [5.74, 6) is 1.34. The lowest BCUT2D eigenvalue weighted by molar-refractivity contribution is 0.201. The van der Waals surface area contributed by atoms with E-state index < -0.39 is 0 Å². The molecule has 0 radical (unpaired) electrons. The summed E-state index contributed by atoms with van der Waals surface area (Å²) in [5, 5.41) is 8.72. The van der Waals surface area contributed by atoms with Gasteiger partial charge >= 0.3 is 5.69 Å². The summed E-state index contributed by atoms with van der Waals surface area (Å²) in [6.45, 7) is 0. The third-order valence-electron chi connectivity index (χ3n) is 2.86. The lowest BCUT2D eigenvalue weighted by Gasteiger charge is -2.14. The molecular formula is C12H15N2O2+. The molecule has 2 rings (SSSR count). The molecule has 84 valence electrons. The maximum absolute atomic E-state index is 8.72. The van der Waals surface area contributed by atoms with Crippen LogP contribution in [0.5, 0.6) is 11.5 Å². The van der Waals surface area contributed by atoms with Gasteiger partial charge in [0.1, 0.15) is 0 Å². The van der Waals surface area contributed by atoms with Gasteiger partial charge in [0.05, 0.1) is 19.3 Å². The van der Waals surface area contributed by atoms with Crippen LogP contribution in [0.2, 0.25) is 0 Å². The van der Waals surface area contributed by atoms with Crippen molar-refractivity contribution in [2.24, 2.45) is 0 Å². The van der Waals surface area contributed by atoms with Gasteiger partial charge in [-0.05, 0) is 31.7 Å². The molecule has 1 aliphatic carbocycles. The fraction of sp³-hybridized carbons (Fsp3) is 0.500. The molecule has 1 aliphatic rings. The predicted octanol–water partition coefficient (Wildman–Crippen LogP) is 3.50. The van der Waals surface area contributed by atoms with Crippen molar-refractivity contribution in [3.05, 3.63) is 23.2 Å². The summed E-state index contributed by atoms with van der Waals surface area (Å²) >= 11 is 0. The van der Waals surface area contributed by atoms with Gasteiger partial charge in [0.25, 0.3) is 0 Å². The molecule has 0 aromatic heterocycles. The van der Waals surface area contributed by atoms with Crippen molar-refractivity contribution < 1.29 is 9.47 Å². The second-order valence-corrected chi connectivity index (χ2v) is 3.96. The van der Waals surface area contributed by atoms with Crippen LogP contribution in [0.25, 0.3) is 4.98 Å². The van der Waals surface area contributed by atoms with Gasteiger partial charge in [0.2, 0.25) is 5.39 Å². The summed E-state index contributed by atoms with van der Waals surface area (Å²) in [4.78, 5) is 3.15. The van der Waals surface area contributed by atoms with Gasteiger partial charge in [0.15, 0.2) is 16.5 Å². The number of ether oxygens (including phenoxy) is 2. The first-order valence-electron chi connectivity index (χ1n) is 5.53. The zero-order valence-corrected chi connectivity index (χ0v) is 9.35. The minimum absolute atomic E-state index is 0.267. The zero-order chi connectivity index (χ0) is 11.4. The predicted molar refractivity (Wildman–Crippen MR) is 60.6 cm³/mol. The Kier molecular flexibility index (Phi) is 3.25. The zero-order valence-electron chi connectivity index (χ0n) is 9.35. The van der Waals surface area contributed by atoms with Gasteiger partial charge in [-0.25, -0.2) is 0 Å². The number of diazo groups is 1. The van der Waals surface area contributed by atoms with Crippen LogP contribution in [-0.4, -0.2) is 13.2 Å². The van der Waals surface area contributed by atoms with Crippen LogP contribution in [0.3, 0.4) is 0 Å².